The summed E-state index contributed by atoms with van der Waals surface area (Å²) in [6.45, 7) is 7.86. The van der Waals surface area contributed by atoms with Crippen LogP contribution >= 0.6 is 27.3 Å². The van der Waals surface area contributed by atoms with Gasteiger partial charge < -0.3 is 9.88 Å². The lowest BCUT2D eigenvalue weighted by Crippen LogP contribution is -2.28. The largest absolute Gasteiger partial charge is 0.350 e. The van der Waals surface area contributed by atoms with Crippen molar-refractivity contribution in [2.75, 3.05) is 6.54 Å². The molecule has 1 N–H and O–H groups in total. The number of hydrogen-bond acceptors (Lipinski definition) is 3. The third-order valence-corrected chi connectivity index (χ3v) is 6.92. The number of fused-ring (bicyclic) bond motifs is 1. The number of rotatable bonds is 6. The van der Waals surface area contributed by atoms with E-state index in [9.17, 15) is 4.79 Å². The van der Waals surface area contributed by atoms with E-state index in [0.717, 1.165) is 19.7 Å². The number of halogens is 1. The molecule has 6 heteroatoms. The number of amides is 1. The van der Waals surface area contributed by atoms with Crippen LogP contribution in [0.25, 0.3) is 10.2 Å². The van der Waals surface area contributed by atoms with Crippen molar-refractivity contribution < 1.29 is 4.79 Å². The van der Waals surface area contributed by atoms with Gasteiger partial charge in [0.2, 0.25) is 0 Å². The second-order valence-electron chi connectivity index (χ2n) is 8.69. The average molecular weight is 496 g/mol. The van der Waals surface area contributed by atoms with Crippen molar-refractivity contribution in [3.8, 4) is 0 Å². The zero-order valence-corrected chi connectivity index (χ0v) is 20.4. The van der Waals surface area contributed by atoms with E-state index in [1.807, 2.05) is 24.3 Å². The van der Waals surface area contributed by atoms with E-state index in [1.165, 1.54) is 11.1 Å². The molecule has 3 aromatic heterocycles. The Balaban J connectivity index is 1.55. The van der Waals surface area contributed by atoms with Crippen molar-refractivity contribution in [1.29, 1.82) is 0 Å². The normalized spacial score (nSPS) is 11.7. The second kappa shape index (κ2) is 8.97. The summed E-state index contributed by atoms with van der Waals surface area (Å²) in [5.74, 6) is -0.0539. The number of hydrogen-bond donors (Lipinski definition) is 1. The van der Waals surface area contributed by atoms with Crippen LogP contribution in [-0.4, -0.2) is 22.0 Å². The molecule has 1 amide bonds. The lowest BCUT2D eigenvalue weighted by molar-refractivity contribution is 0.0945. The Bertz CT molecular complexity index is 1190. The van der Waals surface area contributed by atoms with Crippen molar-refractivity contribution in [2.45, 2.75) is 39.2 Å². The number of nitrogens with one attached hydrogen (secondary N) is 1. The Morgan fingerprint density at radius 2 is 1.90 bits per heavy atom. The number of nitrogens with zero attached hydrogens (tertiary/aromatic N) is 2. The number of carbonyl (C=O) groups is 1. The molecule has 0 unspecified atom stereocenters. The highest BCUT2D eigenvalue weighted by atomic mass is 79.9. The maximum absolute atomic E-state index is 13.0. The van der Waals surface area contributed by atoms with E-state index in [2.05, 4.69) is 81.9 Å². The molecule has 0 bridgehead atoms. The molecule has 0 aliphatic carbocycles. The Kier molecular flexibility index (Phi) is 6.30. The summed E-state index contributed by atoms with van der Waals surface area (Å²) in [7, 11) is 0. The van der Waals surface area contributed by atoms with Gasteiger partial charge >= 0.3 is 0 Å². The van der Waals surface area contributed by atoms with Gasteiger partial charge in [-0.05, 0) is 56.7 Å². The summed E-state index contributed by atoms with van der Waals surface area (Å²) >= 11 is 5.23. The van der Waals surface area contributed by atoms with Gasteiger partial charge in [-0.2, -0.15) is 0 Å². The number of pyridine rings is 1. The molecular formula is C25H26BrN3OS. The quantitative estimate of drug-likeness (QED) is 0.347. The van der Waals surface area contributed by atoms with E-state index in [1.54, 1.807) is 17.5 Å². The molecule has 0 fully saturated rings. The fourth-order valence-electron chi connectivity index (χ4n) is 3.60. The van der Waals surface area contributed by atoms with Crippen LogP contribution in [0.5, 0.6) is 0 Å². The van der Waals surface area contributed by atoms with Gasteiger partial charge in [0.05, 0.1) is 14.0 Å². The van der Waals surface area contributed by atoms with Crippen LogP contribution in [0.1, 0.15) is 48.1 Å². The van der Waals surface area contributed by atoms with Crippen molar-refractivity contribution in [1.82, 2.24) is 14.9 Å². The summed E-state index contributed by atoms with van der Waals surface area (Å²) in [5.41, 5.74) is 5.34. The molecule has 3 heterocycles. The lowest BCUT2D eigenvalue weighted by atomic mass is 9.87. The average Bonchev–Trinajstić information content (AvgIpc) is 3.25. The van der Waals surface area contributed by atoms with Crippen LogP contribution < -0.4 is 5.32 Å². The highest BCUT2D eigenvalue weighted by Crippen LogP contribution is 2.33. The van der Waals surface area contributed by atoms with Gasteiger partial charge in [-0.1, -0.05) is 51.1 Å². The highest BCUT2D eigenvalue weighted by Gasteiger charge is 2.18. The van der Waals surface area contributed by atoms with Crippen LogP contribution in [0.15, 0.2) is 64.6 Å². The fourth-order valence-corrected chi connectivity index (χ4v) is 5.17. The monoisotopic (exact) mass is 495 g/mol. The maximum atomic E-state index is 13.0. The van der Waals surface area contributed by atoms with Crippen molar-refractivity contribution in [3.63, 3.8) is 0 Å². The van der Waals surface area contributed by atoms with Gasteiger partial charge in [-0.15, -0.1) is 11.3 Å². The van der Waals surface area contributed by atoms with Crippen molar-refractivity contribution in [2.24, 2.45) is 0 Å². The number of benzene rings is 1. The van der Waals surface area contributed by atoms with Crippen molar-refractivity contribution in [3.05, 3.63) is 87.1 Å². The third-order valence-electron chi connectivity index (χ3n) is 5.35. The molecule has 4 nitrogen and oxygen atoms in total. The van der Waals surface area contributed by atoms with E-state index in [4.69, 9.17) is 0 Å². The van der Waals surface area contributed by atoms with E-state index < -0.39 is 0 Å². The molecule has 0 aliphatic heterocycles. The molecule has 31 heavy (non-hydrogen) atoms. The standard InChI is InChI=1S/C25H26BrN3OS/c1-25(2,3)18-9-7-17(8-10-18)16-29-20-15-23(26)31-22(20)14-21(29)24(30)28-13-11-19-6-4-5-12-27-19/h4-10,12,14-15H,11,13,16H2,1-3H3,(H,28,30). The summed E-state index contributed by atoms with van der Waals surface area (Å²) in [5, 5.41) is 3.06. The molecule has 4 rings (SSSR count). The molecule has 0 radical (unpaired) electrons. The first-order valence-electron chi connectivity index (χ1n) is 10.4. The van der Waals surface area contributed by atoms with E-state index in [-0.39, 0.29) is 11.3 Å². The summed E-state index contributed by atoms with van der Waals surface area (Å²) < 4.78 is 4.28. The topological polar surface area (TPSA) is 46.9 Å². The Labute approximate surface area is 195 Å². The van der Waals surface area contributed by atoms with Gasteiger partial charge in [0.15, 0.2) is 0 Å². The zero-order chi connectivity index (χ0) is 22.0. The van der Waals surface area contributed by atoms with Gasteiger partial charge in [0, 0.05) is 31.4 Å². The molecule has 0 spiro atoms. The summed E-state index contributed by atoms with van der Waals surface area (Å²) in [6, 6.07) is 18.6. The molecule has 0 saturated heterocycles. The summed E-state index contributed by atoms with van der Waals surface area (Å²) in [4.78, 5) is 17.3. The third kappa shape index (κ3) is 5.08. The Morgan fingerprint density at radius 3 is 2.58 bits per heavy atom. The van der Waals surface area contributed by atoms with Gasteiger partial charge in [0.25, 0.3) is 5.91 Å². The molecule has 4 aromatic rings. The fraction of sp³-hybridized carbons (Fsp3) is 0.280. The van der Waals surface area contributed by atoms with Crippen LogP contribution in [0, 0.1) is 0 Å². The molecule has 1 aromatic carbocycles. The molecule has 0 aliphatic rings. The minimum absolute atomic E-state index is 0.0539. The van der Waals surface area contributed by atoms with Gasteiger partial charge in [-0.3, -0.25) is 9.78 Å². The molecule has 160 valence electrons. The molecule has 0 saturated carbocycles. The Hall–Kier alpha value is -2.44. The highest BCUT2D eigenvalue weighted by molar-refractivity contribution is 9.11. The van der Waals surface area contributed by atoms with Gasteiger partial charge in [-0.25, -0.2) is 0 Å². The number of carbonyl (C=O) groups excluding carboxylic acids is 1. The van der Waals surface area contributed by atoms with Crippen molar-refractivity contribution >= 4 is 43.4 Å². The van der Waals surface area contributed by atoms with E-state index >= 15 is 0 Å². The minimum Gasteiger partial charge on any atom is -0.350 e. The molecular weight excluding hydrogens is 470 g/mol. The van der Waals surface area contributed by atoms with E-state index in [0.29, 0.717) is 25.2 Å². The first-order valence-corrected chi connectivity index (χ1v) is 12.0. The van der Waals surface area contributed by atoms with Crippen LogP contribution in [0.3, 0.4) is 0 Å². The second-order valence-corrected chi connectivity index (χ2v) is 11.2. The van der Waals surface area contributed by atoms with Crippen LogP contribution in [0.4, 0.5) is 0 Å². The van der Waals surface area contributed by atoms with Gasteiger partial charge in [0.1, 0.15) is 5.69 Å². The predicted molar refractivity (Wildman–Crippen MR) is 132 cm³/mol. The first-order chi connectivity index (χ1) is 14.8. The zero-order valence-electron chi connectivity index (χ0n) is 18.0. The maximum Gasteiger partial charge on any atom is 0.267 e. The van der Waals surface area contributed by atoms with Crippen LogP contribution in [-0.2, 0) is 18.4 Å². The SMILES string of the molecule is CC(C)(C)c1ccc(Cn2c(C(=O)NCCc3ccccn3)cc3sc(Br)cc32)cc1. The van der Waals surface area contributed by atoms with Crippen LogP contribution in [0.2, 0.25) is 0 Å². The number of aromatic nitrogens is 2. The smallest absolute Gasteiger partial charge is 0.267 e. The number of thiophene rings is 1. The lowest BCUT2D eigenvalue weighted by Gasteiger charge is -2.19. The predicted octanol–water partition coefficient (Wildman–Crippen LogP) is 6.18. The summed E-state index contributed by atoms with van der Waals surface area (Å²) in [6.07, 6.45) is 2.49. The minimum atomic E-state index is -0.0539. The first kappa shape index (κ1) is 21.8. The Morgan fingerprint density at radius 1 is 1.13 bits per heavy atom. The molecule has 0 atom stereocenters.